The molecule has 1 amide bonds. The Morgan fingerprint density at radius 1 is 1.45 bits per heavy atom. The van der Waals surface area contributed by atoms with Crippen molar-refractivity contribution in [3.05, 3.63) is 29.3 Å². The first kappa shape index (κ1) is 14.8. The third kappa shape index (κ3) is 2.89. The van der Waals surface area contributed by atoms with Crippen LogP contribution in [0.5, 0.6) is 0 Å². The quantitative estimate of drug-likeness (QED) is 0.904. The number of nitrogens with zero attached hydrogens (tertiary/aromatic N) is 2. The van der Waals surface area contributed by atoms with E-state index in [1.54, 1.807) is 17.9 Å². The Labute approximate surface area is 131 Å². The number of thiophene rings is 1. The summed E-state index contributed by atoms with van der Waals surface area (Å²) in [7, 11) is 1.78. The number of hydrogen-bond acceptors (Lipinski definition) is 4. The van der Waals surface area contributed by atoms with E-state index >= 15 is 0 Å². The molecular formula is C15H17N3O3S. The summed E-state index contributed by atoms with van der Waals surface area (Å²) in [4.78, 5) is 24.4. The normalized spacial score (nSPS) is 21.0. The lowest BCUT2D eigenvalue weighted by Gasteiger charge is -2.12. The summed E-state index contributed by atoms with van der Waals surface area (Å²) < 4.78 is 1.62. The highest BCUT2D eigenvalue weighted by Crippen LogP contribution is 2.28. The fraction of sp³-hybridized carbons (Fsp3) is 0.400. The first-order valence-corrected chi connectivity index (χ1v) is 8.03. The average Bonchev–Trinajstić information content (AvgIpc) is 3.16. The minimum atomic E-state index is -0.780. The van der Waals surface area contributed by atoms with Crippen LogP contribution in [0.2, 0.25) is 0 Å². The van der Waals surface area contributed by atoms with Gasteiger partial charge in [-0.1, -0.05) is 6.07 Å². The lowest BCUT2D eigenvalue weighted by molar-refractivity contribution is -0.141. The van der Waals surface area contributed by atoms with Gasteiger partial charge in [0.2, 0.25) is 0 Å². The van der Waals surface area contributed by atoms with Gasteiger partial charge in [0.05, 0.1) is 16.4 Å². The summed E-state index contributed by atoms with van der Waals surface area (Å²) in [6, 6.07) is 3.77. The Bertz CT molecular complexity index is 693. The zero-order valence-electron chi connectivity index (χ0n) is 12.2. The van der Waals surface area contributed by atoms with Crippen LogP contribution in [0.25, 0.3) is 10.6 Å². The molecule has 0 spiro atoms. The summed E-state index contributed by atoms with van der Waals surface area (Å²) in [5, 5.41) is 18.3. The van der Waals surface area contributed by atoms with Crippen molar-refractivity contribution in [1.82, 2.24) is 15.1 Å². The molecule has 1 fully saturated rings. The van der Waals surface area contributed by atoms with Crippen molar-refractivity contribution in [3.8, 4) is 10.6 Å². The van der Waals surface area contributed by atoms with Gasteiger partial charge in [-0.3, -0.25) is 14.3 Å². The van der Waals surface area contributed by atoms with Crippen LogP contribution >= 0.6 is 11.3 Å². The van der Waals surface area contributed by atoms with Crippen LogP contribution in [-0.4, -0.2) is 32.8 Å². The molecule has 0 saturated heterocycles. The molecule has 2 aromatic heterocycles. The highest BCUT2D eigenvalue weighted by molar-refractivity contribution is 7.13. The van der Waals surface area contributed by atoms with E-state index in [9.17, 15) is 9.59 Å². The number of aromatic nitrogens is 2. The van der Waals surface area contributed by atoms with Crippen molar-refractivity contribution in [1.29, 1.82) is 0 Å². The number of aryl methyl sites for hydroxylation is 1. The molecule has 1 saturated carbocycles. The van der Waals surface area contributed by atoms with Gasteiger partial charge in [-0.25, -0.2) is 0 Å². The maximum Gasteiger partial charge on any atom is 0.306 e. The van der Waals surface area contributed by atoms with Gasteiger partial charge in [0.15, 0.2) is 0 Å². The summed E-state index contributed by atoms with van der Waals surface area (Å²) in [5.74, 6) is -1.32. The molecular weight excluding hydrogens is 302 g/mol. The van der Waals surface area contributed by atoms with Crippen molar-refractivity contribution in [2.75, 3.05) is 0 Å². The third-order valence-corrected chi connectivity index (χ3v) is 4.82. The van der Waals surface area contributed by atoms with Gasteiger partial charge in [0.25, 0.3) is 5.91 Å². The van der Waals surface area contributed by atoms with Crippen molar-refractivity contribution < 1.29 is 14.7 Å². The number of carbonyl (C=O) groups is 2. The SMILES string of the molecule is Cn1cc(C(=O)N[C@@H]2CC[C@H](C(=O)O)C2)c(-c2cccs2)n1. The molecule has 3 rings (SSSR count). The summed E-state index contributed by atoms with van der Waals surface area (Å²) in [6.45, 7) is 0. The Kier molecular flexibility index (Phi) is 3.98. The van der Waals surface area contributed by atoms with Gasteiger partial charge in [0.1, 0.15) is 5.69 Å². The van der Waals surface area contributed by atoms with E-state index in [1.165, 1.54) is 11.3 Å². The summed E-state index contributed by atoms with van der Waals surface area (Å²) in [6.07, 6.45) is 3.52. The van der Waals surface area contributed by atoms with Crippen LogP contribution in [0.3, 0.4) is 0 Å². The number of hydrogen-bond donors (Lipinski definition) is 2. The van der Waals surface area contributed by atoms with E-state index in [0.717, 1.165) is 4.88 Å². The number of rotatable bonds is 4. The zero-order valence-corrected chi connectivity index (χ0v) is 13.0. The topological polar surface area (TPSA) is 84.2 Å². The Morgan fingerprint density at radius 3 is 2.91 bits per heavy atom. The number of amides is 1. The molecule has 7 heteroatoms. The second-order valence-corrected chi connectivity index (χ2v) is 6.51. The van der Waals surface area contributed by atoms with Gasteiger partial charge >= 0.3 is 5.97 Å². The molecule has 0 aliphatic heterocycles. The zero-order chi connectivity index (χ0) is 15.7. The number of nitrogens with one attached hydrogen (secondary N) is 1. The van der Waals surface area contributed by atoms with Crippen molar-refractivity contribution in [3.63, 3.8) is 0 Å². The van der Waals surface area contributed by atoms with E-state index < -0.39 is 5.97 Å². The van der Waals surface area contributed by atoms with Gasteiger partial charge in [-0.2, -0.15) is 5.10 Å². The lowest BCUT2D eigenvalue weighted by atomic mass is 10.1. The van der Waals surface area contributed by atoms with Crippen LogP contribution in [0, 0.1) is 5.92 Å². The Hall–Kier alpha value is -2.15. The van der Waals surface area contributed by atoms with E-state index in [4.69, 9.17) is 5.11 Å². The predicted octanol–water partition coefficient (Wildman–Crippen LogP) is 2.13. The van der Waals surface area contributed by atoms with E-state index in [2.05, 4.69) is 10.4 Å². The number of carboxylic acid groups (broad SMARTS) is 1. The predicted molar refractivity (Wildman–Crippen MR) is 82.8 cm³/mol. The molecule has 2 N–H and O–H groups in total. The minimum absolute atomic E-state index is 0.0787. The monoisotopic (exact) mass is 319 g/mol. The fourth-order valence-corrected chi connectivity index (χ4v) is 3.57. The Morgan fingerprint density at radius 2 is 2.27 bits per heavy atom. The first-order chi connectivity index (χ1) is 10.5. The molecule has 0 aromatic carbocycles. The molecule has 1 aliphatic rings. The largest absolute Gasteiger partial charge is 0.481 e. The molecule has 2 atom stereocenters. The van der Waals surface area contributed by atoms with E-state index in [-0.39, 0.29) is 17.9 Å². The van der Waals surface area contributed by atoms with Gasteiger partial charge in [-0.05, 0) is 30.7 Å². The number of carbonyl (C=O) groups excluding carboxylic acids is 1. The van der Waals surface area contributed by atoms with Crippen LogP contribution in [0.15, 0.2) is 23.7 Å². The molecule has 0 radical (unpaired) electrons. The van der Waals surface area contributed by atoms with Gasteiger partial charge < -0.3 is 10.4 Å². The van der Waals surface area contributed by atoms with E-state index in [1.807, 2.05) is 17.5 Å². The number of aliphatic carboxylic acids is 1. The smallest absolute Gasteiger partial charge is 0.306 e. The molecule has 1 aliphatic carbocycles. The van der Waals surface area contributed by atoms with Crippen molar-refractivity contribution >= 4 is 23.2 Å². The molecule has 2 heterocycles. The molecule has 6 nitrogen and oxygen atoms in total. The van der Waals surface area contributed by atoms with Gasteiger partial charge in [0, 0.05) is 19.3 Å². The first-order valence-electron chi connectivity index (χ1n) is 7.16. The highest BCUT2D eigenvalue weighted by Gasteiger charge is 2.31. The van der Waals surface area contributed by atoms with Gasteiger partial charge in [-0.15, -0.1) is 11.3 Å². The lowest BCUT2D eigenvalue weighted by Crippen LogP contribution is -2.33. The standard InChI is InChI=1S/C15H17N3O3S/c1-18-8-11(13(17-18)12-3-2-6-22-12)14(19)16-10-5-4-9(7-10)15(20)21/h2-3,6,8-10H,4-5,7H2,1H3,(H,16,19)(H,20,21)/t9-,10+/m0/s1. The maximum absolute atomic E-state index is 12.5. The average molecular weight is 319 g/mol. The molecule has 0 bridgehead atoms. The van der Waals surface area contributed by atoms with Crippen LogP contribution < -0.4 is 5.32 Å². The van der Waals surface area contributed by atoms with Crippen LogP contribution in [0.1, 0.15) is 29.6 Å². The summed E-state index contributed by atoms with van der Waals surface area (Å²) in [5.41, 5.74) is 1.20. The third-order valence-electron chi connectivity index (χ3n) is 3.95. The molecule has 0 unspecified atom stereocenters. The highest BCUT2D eigenvalue weighted by atomic mass is 32.1. The second-order valence-electron chi connectivity index (χ2n) is 5.56. The maximum atomic E-state index is 12.5. The van der Waals surface area contributed by atoms with E-state index in [0.29, 0.717) is 30.5 Å². The molecule has 116 valence electrons. The molecule has 22 heavy (non-hydrogen) atoms. The minimum Gasteiger partial charge on any atom is -0.481 e. The van der Waals surface area contributed by atoms with Crippen LogP contribution in [-0.2, 0) is 11.8 Å². The molecule has 2 aromatic rings. The van der Waals surface area contributed by atoms with Crippen LogP contribution in [0.4, 0.5) is 0 Å². The fourth-order valence-electron chi connectivity index (χ4n) is 2.85. The Balaban J connectivity index is 1.75. The number of carboxylic acids is 1. The summed E-state index contributed by atoms with van der Waals surface area (Å²) >= 11 is 1.53. The second kappa shape index (κ2) is 5.92. The van der Waals surface area contributed by atoms with Crippen molar-refractivity contribution in [2.24, 2.45) is 13.0 Å². The van der Waals surface area contributed by atoms with Crippen molar-refractivity contribution in [2.45, 2.75) is 25.3 Å².